The molecule has 0 saturated heterocycles. The minimum atomic E-state index is 0.545. The largest absolute Gasteiger partial charge is 0.456 e. The van der Waals surface area contributed by atoms with Gasteiger partial charge in [-0.25, -0.2) is 44.9 Å². The number of nitrogens with zero attached hydrogens (tertiary/aromatic N) is 12. The van der Waals surface area contributed by atoms with Crippen LogP contribution in [0.3, 0.4) is 0 Å². The van der Waals surface area contributed by atoms with Crippen LogP contribution in [0, 0.1) is 0 Å². The zero-order chi connectivity index (χ0) is 95.3. The van der Waals surface area contributed by atoms with Gasteiger partial charge in [-0.3, -0.25) is 4.57 Å². The molecule has 0 aliphatic carbocycles. The van der Waals surface area contributed by atoms with Crippen LogP contribution in [0.15, 0.2) is 499 Å². The lowest BCUT2D eigenvalue weighted by Gasteiger charge is -2.12. The Bertz CT molecular complexity index is 9670. The van der Waals surface area contributed by atoms with Crippen LogP contribution >= 0.6 is 0 Å². The van der Waals surface area contributed by atoms with E-state index in [1.165, 1.54) is 5.56 Å². The SMILES string of the molecule is c1ccc(-c2ccc(-c3nc(-c4ccccc4)nc(-c4ccc5ccc6ccc7nc(-c8ccccc8)oc7c6c5c4)n3)cc2)cc1.c1ccc(-c2ccc(-c3nc(-c4ccccc4)nc(-n4c5cc(-c6ccccc6)cc6oc7ccccc7c7cccc4c7c65)n3)cc2)cc1.c1ccc(-c2nc(-c3ccccc3)nc(-c3cccc(-c4ccc5ccc6ccc7nc(-c8ccccc8)oc7c6c5c4)c3)n2)cc1. The van der Waals surface area contributed by atoms with Crippen LogP contribution in [0.4, 0.5) is 0 Å². The van der Waals surface area contributed by atoms with Crippen LogP contribution < -0.4 is 0 Å². The summed E-state index contributed by atoms with van der Waals surface area (Å²) in [6.07, 6.45) is 0. The van der Waals surface area contributed by atoms with Gasteiger partial charge in [0.25, 0.3) is 0 Å². The lowest BCUT2D eigenvalue weighted by molar-refractivity contribution is 0.623. The molecule has 0 spiro atoms. The first-order valence-corrected chi connectivity index (χ1v) is 47.8. The second-order valence-corrected chi connectivity index (χ2v) is 35.5. The topological polar surface area (TPSA) is 186 Å². The molecule has 0 radical (unpaired) electrons. The summed E-state index contributed by atoms with van der Waals surface area (Å²) in [6, 6.07) is 166. The minimum absolute atomic E-state index is 0.545. The van der Waals surface area contributed by atoms with Crippen molar-refractivity contribution >= 4 is 109 Å². The van der Waals surface area contributed by atoms with E-state index in [9.17, 15) is 0 Å². The molecule has 144 heavy (non-hydrogen) atoms. The van der Waals surface area contributed by atoms with Gasteiger partial charge in [0.1, 0.15) is 22.2 Å². The molecule has 7 aromatic heterocycles. The van der Waals surface area contributed by atoms with E-state index in [1.807, 2.05) is 224 Å². The van der Waals surface area contributed by atoms with E-state index in [1.54, 1.807) is 0 Å². The Morgan fingerprint density at radius 1 is 0.153 bits per heavy atom. The van der Waals surface area contributed by atoms with E-state index in [0.717, 1.165) is 204 Å². The lowest BCUT2D eigenvalue weighted by atomic mass is 9.96. The van der Waals surface area contributed by atoms with E-state index in [4.69, 9.17) is 68.1 Å². The standard InChI is InChI=1S/C45H28N4O.2C42H26N4O/c1-4-13-29(14-5-1)31-23-25-33(26-24-31)44-46-43(32-17-8-3-9-18-32)47-45(48-44)49-37-21-12-20-36-35-19-10-11-22-39(35)50-40-28-34(30-15-6-2-7-16-30)27-38(49)42(40)41(36)37;1-4-11-29(12-5-1)39-44-40(30-13-6-2-7-14-30)46-41(45-39)34-18-10-17-32(25-34)33-22-20-27-19-21-28-23-24-36-38(37(28)35(27)26-33)47-42(43-36)31-15-8-3-9-16-31;1-4-10-27(11-5-1)28-16-21-32(22-17-28)40-44-39(31-12-6-2-7-13-31)45-41(46-40)34-23-19-29-18-20-30-24-25-36-38(37(30)35(29)26-34)47-42(43-36)33-14-8-3-9-15-33/h1-28H;2*1-26H. The Kier molecular flexibility index (Phi) is 21.5. The van der Waals surface area contributed by atoms with Crippen molar-refractivity contribution in [1.29, 1.82) is 0 Å². The number of hydrogen-bond donors (Lipinski definition) is 0. The third-order valence-electron chi connectivity index (χ3n) is 26.5. The highest BCUT2D eigenvalue weighted by molar-refractivity contribution is 6.27. The van der Waals surface area contributed by atoms with Gasteiger partial charge in [-0.15, -0.1) is 0 Å². The molecule has 0 saturated carbocycles. The Morgan fingerprint density at radius 2 is 0.451 bits per heavy atom. The summed E-state index contributed by atoms with van der Waals surface area (Å²) in [5.41, 5.74) is 25.0. The van der Waals surface area contributed by atoms with Crippen molar-refractivity contribution in [3.63, 3.8) is 0 Å². The van der Waals surface area contributed by atoms with Crippen molar-refractivity contribution in [2.24, 2.45) is 0 Å². The van der Waals surface area contributed by atoms with E-state index >= 15 is 0 Å². The van der Waals surface area contributed by atoms with E-state index < -0.39 is 0 Å². The molecule has 0 N–H and O–H groups in total. The fourth-order valence-electron chi connectivity index (χ4n) is 19.5. The maximum absolute atomic E-state index is 6.80. The van der Waals surface area contributed by atoms with E-state index in [2.05, 4.69) is 265 Å². The van der Waals surface area contributed by atoms with Crippen LogP contribution in [0.2, 0.25) is 0 Å². The lowest BCUT2D eigenvalue weighted by Crippen LogP contribution is -2.06. The molecule has 0 bridgehead atoms. The molecule has 21 aromatic carbocycles. The van der Waals surface area contributed by atoms with Gasteiger partial charge >= 0.3 is 0 Å². The number of fused-ring (bicyclic) bond motifs is 12. The van der Waals surface area contributed by atoms with Crippen molar-refractivity contribution in [3.8, 4) is 164 Å². The Hall–Kier alpha value is -19.8. The molecule has 15 heteroatoms. The molecule has 674 valence electrons. The quantitative estimate of drug-likeness (QED) is 0.0882. The number of hydrogen-bond acceptors (Lipinski definition) is 14. The summed E-state index contributed by atoms with van der Waals surface area (Å²) in [7, 11) is 0. The smallest absolute Gasteiger partial charge is 0.238 e. The third-order valence-corrected chi connectivity index (χ3v) is 26.5. The Morgan fingerprint density at radius 3 is 0.903 bits per heavy atom. The molecule has 28 aromatic rings. The predicted octanol–water partition coefficient (Wildman–Crippen LogP) is 32.8. The van der Waals surface area contributed by atoms with Crippen LogP contribution in [-0.4, -0.2) is 59.4 Å². The molecule has 0 amide bonds. The molecule has 15 nitrogen and oxygen atoms in total. The van der Waals surface area contributed by atoms with Crippen molar-refractivity contribution in [3.05, 3.63) is 485 Å². The summed E-state index contributed by atoms with van der Waals surface area (Å²) >= 11 is 0. The molecule has 28 rings (SSSR count). The van der Waals surface area contributed by atoms with Gasteiger partial charge < -0.3 is 13.3 Å². The van der Waals surface area contributed by atoms with Crippen LogP contribution in [0.5, 0.6) is 0 Å². The fourth-order valence-corrected chi connectivity index (χ4v) is 19.5. The summed E-state index contributed by atoms with van der Waals surface area (Å²) < 4.78 is 21.9. The van der Waals surface area contributed by atoms with E-state index in [-0.39, 0.29) is 0 Å². The van der Waals surface area contributed by atoms with Gasteiger partial charge in [0.05, 0.1) is 16.4 Å². The zero-order valence-corrected chi connectivity index (χ0v) is 77.3. The van der Waals surface area contributed by atoms with Gasteiger partial charge in [0, 0.05) is 77.2 Å². The number of oxazole rings is 2. The van der Waals surface area contributed by atoms with Crippen LogP contribution in [0.1, 0.15) is 0 Å². The number of para-hydroxylation sites is 1. The van der Waals surface area contributed by atoms with Gasteiger partial charge in [-0.1, -0.05) is 406 Å². The highest BCUT2D eigenvalue weighted by Crippen LogP contribution is 2.46. The van der Waals surface area contributed by atoms with Crippen LogP contribution in [0.25, 0.3) is 274 Å². The summed E-state index contributed by atoms with van der Waals surface area (Å²) in [5.74, 6) is 6.75. The molecule has 7 heterocycles. The maximum Gasteiger partial charge on any atom is 0.238 e. The van der Waals surface area contributed by atoms with Gasteiger partial charge in [0.15, 0.2) is 57.8 Å². The fraction of sp³-hybridized carbons (Fsp3) is 0. The maximum atomic E-state index is 6.80. The van der Waals surface area contributed by atoms with Crippen molar-refractivity contribution < 1.29 is 13.3 Å². The molecular formula is C129H80N12O3. The average Bonchev–Trinajstić information content (AvgIpc) is 1.55. The highest BCUT2D eigenvalue weighted by atomic mass is 16.4. The highest BCUT2D eigenvalue weighted by Gasteiger charge is 2.26. The summed E-state index contributed by atoms with van der Waals surface area (Å²) in [6.45, 7) is 0. The van der Waals surface area contributed by atoms with Gasteiger partial charge in [-0.2, -0.15) is 9.97 Å². The van der Waals surface area contributed by atoms with Crippen molar-refractivity contribution in [2.45, 2.75) is 0 Å². The zero-order valence-electron chi connectivity index (χ0n) is 77.3. The monoisotopic (exact) mass is 1840 g/mol. The van der Waals surface area contributed by atoms with Gasteiger partial charge in [-0.05, 0) is 161 Å². The number of benzene rings is 21. The first kappa shape index (κ1) is 84.7. The Balaban J connectivity index is 0.000000110. The molecule has 0 atom stereocenters. The van der Waals surface area contributed by atoms with Crippen molar-refractivity contribution in [2.75, 3.05) is 0 Å². The number of aromatic nitrogens is 12. The predicted molar refractivity (Wildman–Crippen MR) is 582 cm³/mol. The second-order valence-electron chi connectivity index (χ2n) is 35.5. The molecule has 0 aliphatic rings. The number of rotatable bonds is 15. The third kappa shape index (κ3) is 16.2. The minimum Gasteiger partial charge on any atom is -0.456 e. The van der Waals surface area contributed by atoms with E-state index in [0.29, 0.717) is 64.3 Å². The first-order chi connectivity index (χ1) is 71.3. The molecule has 0 unspecified atom stereocenters. The normalized spacial score (nSPS) is 11.5. The summed E-state index contributed by atoms with van der Waals surface area (Å²) in [4.78, 5) is 54.8. The molecule has 0 aliphatic heterocycles. The average molecular weight is 1850 g/mol. The van der Waals surface area contributed by atoms with Crippen LogP contribution in [-0.2, 0) is 0 Å². The Labute approximate surface area is 825 Å². The molecule has 0 fully saturated rings. The first-order valence-electron chi connectivity index (χ1n) is 47.8. The summed E-state index contributed by atoms with van der Waals surface area (Å²) in [5, 5.41) is 13.0. The van der Waals surface area contributed by atoms with Gasteiger partial charge in [0.2, 0.25) is 17.7 Å². The second kappa shape index (κ2) is 36.6. The van der Waals surface area contributed by atoms with Crippen molar-refractivity contribution in [1.82, 2.24) is 59.4 Å². The molecular weight excluding hydrogens is 1770 g/mol.